The van der Waals surface area contributed by atoms with E-state index in [9.17, 15) is 18.0 Å². The molecule has 41 heavy (non-hydrogen) atoms. The summed E-state index contributed by atoms with van der Waals surface area (Å²) in [4.78, 5) is 26.7. The zero-order valence-corrected chi connectivity index (χ0v) is 25.4. The molecule has 1 fully saturated rings. The van der Waals surface area contributed by atoms with E-state index in [0.717, 1.165) is 11.1 Å². The van der Waals surface area contributed by atoms with Crippen LogP contribution in [0.1, 0.15) is 52.2 Å². The van der Waals surface area contributed by atoms with Crippen molar-refractivity contribution in [2.45, 2.75) is 71.8 Å². The van der Waals surface area contributed by atoms with E-state index in [1.54, 1.807) is 20.8 Å². The largest absolute Gasteiger partial charge is 0.489 e. The van der Waals surface area contributed by atoms with Crippen LogP contribution in [-0.2, 0) is 42.3 Å². The molecule has 1 amide bonds. The maximum absolute atomic E-state index is 13.5. The van der Waals surface area contributed by atoms with E-state index < -0.39 is 39.8 Å². The zero-order valence-electron chi connectivity index (χ0n) is 24.6. The molecule has 0 aliphatic carbocycles. The van der Waals surface area contributed by atoms with Gasteiger partial charge in [-0.1, -0.05) is 56.3 Å². The number of hydrogen-bond acceptors (Lipinski definition) is 7. The number of hydrogen-bond donors (Lipinski definition) is 2. The van der Waals surface area contributed by atoms with E-state index in [0.29, 0.717) is 25.6 Å². The van der Waals surface area contributed by atoms with Crippen LogP contribution in [0.15, 0.2) is 54.6 Å². The van der Waals surface area contributed by atoms with Gasteiger partial charge in [-0.25, -0.2) is 4.79 Å². The summed E-state index contributed by atoms with van der Waals surface area (Å²) < 4.78 is 46.6. The van der Waals surface area contributed by atoms with E-state index in [-0.39, 0.29) is 31.8 Å². The number of carbonyl (C=O) groups excluding carboxylic acids is 2. The SMILES string of the molecule is CC(C)CC(NS(=O)(=O)N1CCOCC1)C(=O)NC(Cc1ccc(OCc2ccccc2)cc1)C(=O)OC(C)(C)C. The van der Waals surface area contributed by atoms with Crippen LogP contribution >= 0.6 is 0 Å². The predicted molar refractivity (Wildman–Crippen MR) is 156 cm³/mol. The number of rotatable bonds is 13. The monoisotopic (exact) mass is 589 g/mol. The molecule has 2 aromatic carbocycles. The number of carbonyl (C=O) groups is 2. The van der Waals surface area contributed by atoms with E-state index in [4.69, 9.17) is 14.2 Å². The lowest BCUT2D eigenvalue weighted by Gasteiger charge is -2.30. The summed E-state index contributed by atoms with van der Waals surface area (Å²) in [6, 6.07) is 15.0. The fourth-order valence-electron chi connectivity index (χ4n) is 4.26. The minimum absolute atomic E-state index is 0.0153. The van der Waals surface area contributed by atoms with Gasteiger partial charge in [0.15, 0.2) is 0 Å². The summed E-state index contributed by atoms with van der Waals surface area (Å²) >= 11 is 0. The molecule has 10 nitrogen and oxygen atoms in total. The van der Waals surface area contributed by atoms with Crippen molar-refractivity contribution in [1.82, 2.24) is 14.3 Å². The maximum atomic E-state index is 13.5. The Morgan fingerprint density at radius 3 is 2.17 bits per heavy atom. The lowest BCUT2D eigenvalue weighted by Crippen LogP contribution is -2.56. The van der Waals surface area contributed by atoms with Crippen LogP contribution in [0, 0.1) is 5.92 Å². The third kappa shape index (κ3) is 11.1. The topological polar surface area (TPSA) is 123 Å². The second kappa shape index (κ2) is 14.8. The van der Waals surface area contributed by atoms with Crippen LogP contribution in [0.3, 0.4) is 0 Å². The molecule has 2 atom stereocenters. The molecule has 0 saturated carbocycles. The smallest absolute Gasteiger partial charge is 0.329 e. The molecule has 2 N–H and O–H groups in total. The van der Waals surface area contributed by atoms with Crippen LogP contribution in [0.2, 0.25) is 0 Å². The highest BCUT2D eigenvalue weighted by Gasteiger charge is 2.34. The normalized spacial score (nSPS) is 16.1. The quantitative estimate of drug-likeness (QED) is 0.344. The Labute approximate surface area is 243 Å². The Kier molecular flexibility index (Phi) is 11.7. The molecule has 1 saturated heterocycles. The lowest BCUT2D eigenvalue weighted by molar-refractivity contribution is -0.158. The molecule has 0 aromatic heterocycles. The first-order valence-corrected chi connectivity index (χ1v) is 15.4. The first kappa shape index (κ1) is 32.5. The summed E-state index contributed by atoms with van der Waals surface area (Å²) in [5.41, 5.74) is 1.05. The van der Waals surface area contributed by atoms with Crippen molar-refractivity contribution in [3.63, 3.8) is 0 Å². The van der Waals surface area contributed by atoms with Gasteiger partial charge in [-0.15, -0.1) is 0 Å². The molecular formula is C30H43N3O7S. The van der Waals surface area contributed by atoms with E-state index in [1.165, 1.54) is 4.31 Å². The summed E-state index contributed by atoms with van der Waals surface area (Å²) in [5.74, 6) is -0.504. The number of amides is 1. The summed E-state index contributed by atoms with van der Waals surface area (Å²) in [7, 11) is -3.93. The third-order valence-corrected chi connectivity index (χ3v) is 7.87. The number of nitrogens with zero attached hydrogens (tertiary/aromatic N) is 1. The second-order valence-electron chi connectivity index (χ2n) is 11.5. The second-order valence-corrected chi connectivity index (χ2v) is 13.2. The number of ether oxygens (including phenoxy) is 3. The summed E-state index contributed by atoms with van der Waals surface area (Å²) in [6.07, 6.45) is 0.411. The van der Waals surface area contributed by atoms with Crippen LogP contribution in [0.5, 0.6) is 5.75 Å². The fraction of sp³-hybridized carbons (Fsp3) is 0.533. The molecule has 1 aliphatic rings. The summed E-state index contributed by atoms with van der Waals surface area (Å²) in [5, 5.41) is 2.77. The first-order chi connectivity index (χ1) is 19.3. The fourth-order valence-corrected chi connectivity index (χ4v) is 5.60. The highest BCUT2D eigenvalue weighted by atomic mass is 32.2. The standard InChI is InChI=1S/C30H43N3O7S/c1-22(2)19-26(32-41(36,37)33-15-17-38-18-16-33)28(34)31-27(29(35)40-30(3,4)5)20-23-11-13-25(14-12-23)39-21-24-9-7-6-8-10-24/h6-14,22,26-27,32H,15-21H2,1-5H3,(H,31,34). The van der Waals surface area contributed by atoms with Crippen molar-refractivity contribution in [1.29, 1.82) is 0 Å². The molecule has 2 aromatic rings. The van der Waals surface area contributed by atoms with Gasteiger partial charge in [0.25, 0.3) is 10.2 Å². The molecule has 226 valence electrons. The predicted octanol–water partition coefficient (Wildman–Crippen LogP) is 3.22. The first-order valence-electron chi connectivity index (χ1n) is 14.0. The molecule has 1 heterocycles. The van der Waals surface area contributed by atoms with Gasteiger partial charge in [0, 0.05) is 19.5 Å². The average molecular weight is 590 g/mol. The Morgan fingerprint density at radius 2 is 1.59 bits per heavy atom. The van der Waals surface area contributed by atoms with Crippen LogP contribution in [-0.4, -0.2) is 68.6 Å². The third-order valence-electron chi connectivity index (χ3n) is 6.24. The van der Waals surface area contributed by atoms with Gasteiger partial charge in [0.1, 0.15) is 30.0 Å². The molecule has 1 aliphatic heterocycles. The van der Waals surface area contributed by atoms with Gasteiger partial charge < -0.3 is 19.5 Å². The van der Waals surface area contributed by atoms with Crippen LogP contribution < -0.4 is 14.8 Å². The Balaban J connectivity index is 1.73. The van der Waals surface area contributed by atoms with Crippen molar-refractivity contribution >= 4 is 22.1 Å². The number of nitrogens with one attached hydrogen (secondary N) is 2. The van der Waals surface area contributed by atoms with Crippen molar-refractivity contribution in [3.8, 4) is 5.75 Å². The van der Waals surface area contributed by atoms with E-state index in [1.807, 2.05) is 68.4 Å². The van der Waals surface area contributed by atoms with Gasteiger partial charge in [-0.2, -0.15) is 17.4 Å². The highest BCUT2D eigenvalue weighted by Crippen LogP contribution is 2.18. The van der Waals surface area contributed by atoms with Crippen molar-refractivity contribution in [3.05, 3.63) is 65.7 Å². The number of esters is 1. The number of morpholine rings is 1. The molecule has 11 heteroatoms. The van der Waals surface area contributed by atoms with Crippen molar-refractivity contribution in [2.75, 3.05) is 26.3 Å². The van der Waals surface area contributed by atoms with Gasteiger partial charge >= 0.3 is 5.97 Å². The van der Waals surface area contributed by atoms with Gasteiger partial charge in [0.05, 0.1) is 13.2 Å². The molecule has 0 radical (unpaired) electrons. The number of benzene rings is 2. The van der Waals surface area contributed by atoms with E-state index in [2.05, 4.69) is 10.0 Å². The molecule has 0 spiro atoms. The Bertz CT molecular complexity index is 1220. The van der Waals surface area contributed by atoms with Gasteiger partial charge in [0.2, 0.25) is 5.91 Å². The minimum Gasteiger partial charge on any atom is -0.489 e. The zero-order chi connectivity index (χ0) is 30.0. The van der Waals surface area contributed by atoms with Gasteiger partial charge in [-0.3, -0.25) is 4.79 Å². The molecular weight excluding hydrogens is 546 g/mol. The van der Waals surface area contributed by atoms with Gasteiger partial charge in [-0.05, 0) is 56.4 Å². The highest BCUT2D eigenvalue weighted by molar-refractivity contribution is 7.87. The lowest BCUT2D eigenvalue weighted by atomic mass is 10.0. The van der Waals surface area contributed by atoms with E-state index >= 15 is 0 Å². The van der Waals surface area contributed by atoms with Crippen LogP contribution in [0.4, 0.5) is 0 Å². The minimum atomic E-state index is -3.93. The summed E-state index contributed by atoms with van der Waals surface area (Å²) in [6.45, 7) is 10.5. The Hall–Kier alpha value is -2.99. The molecule has 0 bridgehead atoms. The molecule has 2 unspecified atom stereocenters. The molecule has 3 rings (SSSR count). The van der Waals surface area contributed by atoms with Crippen LogP contribution in [0.25, 0.3) is 0 Å². The maximum Gasteiger partial charge on any atom is 0.329 e. The Morgan fingerprint density at radius 1 is 0.951 bits per heavy atom. The average Bonchev–Trinajstić information content (AvgIpc) is 2.91. The van der Waals surface area contributed by atoms with Crippen molar-refractivity contribution < 1.29 is 32.2 Å². The van der Waals surface area contributed by atoms with Crippen molar-refractivity contribution in [2.24, 2.45) is 5.92 Å².